The second-order valence-corrected chi connectivity index (χ2v) is 7.05. The summed E-state index contributed by atoms with van der Waals surface area (Å²) in [4.78, 5) is 15.2. The topological polar surface area (TPSA) is 25.2 Å². The van der Waals surface area contributed by atoms with Crippen LogP contribution in [0.5, 0.6) is 0 Å². The van der Waals surface area contributed by atoms with Crippen LogP contribution in [0.25, 0.3) is 10.9 Å². The van der Waals surface area contributed by atoms with Crippen molar-refractivity contribution in [3.8, 4) is 0 Å². The Morgan fingerprint density at radius 2 is 1.92 bits per heavy atom. The Morgan fingerprint density at radius 1 is 1.12 bits per heavy atom. The summed E-state index contributed by atoms with van der Waals surface area (Å²) in [6, 6.07) is 8.19. The number of fused-ring (bicyclic) bond motifs is 3. The molecule has 2 aliphatic rings. The van der Waals surface area contributed by atoms with Crippen LogP contribution in [0, 0.1) is 0 Å². The number of rotatable bonds is 3. The van der Waals surface area contributed by atoms with Gasteiger partial charge < -0.3 is 9.47 Å². The van der Waals surface area contributed by atoms with Crippen LogP contribution in [0.15, 0.2) is 24.3 Å². The van der Waals surface area contributed by atoms with Crippen molar-refractivity contribution in [1.29, 1.82) is 0 Å². The number of piperidine rings is 1. The standard InChI is InChI=1S/C20H25FN2O/c21-11-14-23-17-9-3-2-7-15(17)19-16(8-6-10-18(19)23)20(24)22-12-4-1-5-13-22/h2-3,7,9,16H,1,4-6,8,10-14H2/t16-/m1/s1. The normalized spacial score (nSPS) is 21.0. The number of hydrogen-bond acceptors (Lipinski definition) is 1. The third-order valence-corrected chi connectivity index (χ3v) is 5.65. The molecule has 0 N–H and O–H groups in total. The predicted molar refractivity (Wildman–Crippen MR) is 94.0 cm³/mol. The number of benzene rings is 1. The lowest BCUT2D eigenvalue weighted by Gasteiger charge is -2.32. The van der Waals surface area contributed by atoms with E-state index in [1.54, 1.807) is 0 Å². The Hall–Kier alpha value is -1.84. The molecule has 128 valence electrons. The first-order valence-corrected chi connectivity index (χ1v) is 9.26. The van der Waals surface area contributed by atoms with Crippen molar-refractivity contribution < 1.29 is 9.18 Å². The van der Waals surface area contributed by atoms with Gasteiger partial charge in [-0.1, -0.05) is 18.2 Å². The number of likely N-dealkylation sites (tertiary alicyclic amines) is 1. The Bertz CT molecular complexity index is 745. The molecule has 1 aromatic heterocycles. The summed E-state index contributed by atoms with van der Waals surface area (Å²) in [5.41, 5.74) is 3.45. The van der Waals surface area contributed by atoms with Crippen molar-refractivity contribution in [3.63, 3.8) is 0 Å². The van der Waals surface area contributed by atoms with Crippen LogP contribution in [-0.2, 0) is 17.8 Å². The van der Waals surface area contributed by atoms with Crippen molar-refractivity contribution in [2.45, 2.75) is 51.0 Å². The highest BCUT2D eigenvalue weighted by Gasteiger charge is 2.34. The van der Waals surface area contributed by atoms with E-state index in [4.69, 9.17) is 0 Å². The molecule has 1 amide bonds. The first-order chi connectivity index (χ1) is 11.8. The summed E-state index contributed by atoms with van der Waals surface area (Å²) in [5.74, 6) is 0.247. The molecule has 1 fully saturated rings. The van der Waals surface area contributed by atoms with Crippen LogP contribution in [0.3, 0.4) is 0 Å². The molecule has 1 saturated heterocycles. The second-order valence-electron chi connectivity index (χ2n) is 7.05. The second kappa shape index (κ2) is 6.58. The monoisotopic (exact) mass is 328 g/mol. The maximum Gasteiger partial charge on any atom is 0.230 e. The lowest BCUT2D eigenvalue weighted by atomic mass is 9.83. The molecule has 0 unspecified atom stereocenters. The molecule has 4 heteroatoms. The molecule has 1 aliphatic carbocycles. The molecule has 0 radical (unpaired) electrons. The summed E-state index contributed by atoms with van der Waals surface area (Å²) >= 11 is 0. The van der Waals surface area contributed by atoms with Gasteiger partial charge in [-0.3, -0.25) is 4.79 Å². The van der Waals surface area contributed by atoms with Crippen LogP contribution in [-0.4, -0.2) is 35.1 Å². The molecule has 1 aromatic carbocycles. The Kier molecular flexibility index (Phi) is 4.30. The van der Waals surface area contributed by atoms with E-state index in [-0.39, 0.29) is 12.6 Å². The first-order valence-electron chi connectivity index (χ1n) is 9.26. The van der Waals surface area contributed by atoms with E-state index in [2.05, 4.69) is 21.6 Å². The van der Waals surface area contributed by atoms with E-state index in [1.807, 2.05) is 12.1 Å². The largest absolute Gasteiger partial charge is 0.342 e. The average Bonchev–Trinajstić information content (AvgIpc) is 2.97. The molecule has 1 aliphatic heterocycles. The van der Waals surface area contributed by atoms with Crippen molar-refractivity contribution in [2.24, 2.45) is 0 Å². The summed E-state index contributed by atoms with van der Waals surface area (Å²) in [7, 11) is 0. The van der Waals surface area contributed by atoms with Crippen LogP contribution >= 0.6 is 0 Å². The van der Waals surface area contributed by atoms with Crippen LogP contribution in [0.4, 0.5) is 4.39 Å². The minimum absolute atomic E-state index is 0.0439. The van der Waals surface area contributed by atoms with Crippen molar-refractivity contribution in [3.05, 3.63) is 35.5 Å². The summed E-state index contributed by atoms with van der Waals surface area (Å²) in [5, 5.41) is 1.15. The van der Waals surface area contributed by atoms with E-state index in [0.29, 0.717) is 12.5 Å². The lowest BCUT2D eigenvalue weighted by Crippen LogP contribution is -2.39. The van der Waals surface area contributed by atoms with Gasteiger partial charge in [-0.15, -0.1) is 0 Å². The molecule has 2 aromatic rings. The molecule has 2 heterocycles. The minimum Gasteiger partial charge on any atom is -0.342 e. The molecular formula is C20H25FN2O. The van der Waals surface area contributed by atoms with E-state index >= 15 is 0 Å². The van der Waals surface area contributed by atoms with E-state index < -0.39 is 0 Å². The highest BCUT2D eigenvalue weighted by molar-refractivity contribution is 5.94. The van der Waals surface area contributed by atoms with Crippen LogP contribution < -0.4 is 0 Å². The van der Waals surface area contributed by atoms with Gasteiger partial charge >= 0.3 is 0 Å². The fraction of sp³-hybridized carbons (Fsp3) is 0.550. The maximum absolute atomic E-state index is 13.2. The number of carbonyl (C=O) groups is 1. The predicted octanol–water partition coefficient (Wildman–Crippen LogP) is 4.04. The number of nitrogens with zero attached hydrogens (tertiary/aromatic N) is 2. The maximum atomic E-state index is 13.2. The number of halogens is 1. The molecule has 0 saturated carbocycles. The van der Waals surface area contributed by atoms with Gasteiger partial charge in [0, 0.05) is 29.7 Å². The van der Waals surface area contributed by atoms with Gasteiger partial charge in [-0.05, 0) is 50.2 Å². The zero-order valence-electron chi connectivity index (χ0n) is 14.1. The summed E-state index contributed by atoms with van der Waals surface area (Å²) in [6.07, 6.45) is 6.36. The van der Waals surface area contributed by atoms with Gasteiger partial charge in [-0.25, -0.2) is 4.39 Å². The number of alkyl halides is 1. The highest BCUT2D eigenvalue weighted by atomic mass is 19.1. The molecule has 24 heavy (non-hydrogen) atoms. The van der Waals surface area contributed by atoms with Crippen molar-refractivity contribution in [1.82, 2.24) is 9.47 Å². The van der Waals surface area contributed by atoms with Gasteiger partial charge in [0.15, 0.2) is 0 Å². The molecule has 1 atom stereocenters. The van der Waals surface area contributed by atoms with E-state index in [1.165, 1.54) is 17.7 Å². The lowest BCUT2D eigenvalue weighted by molar-refractivity contribution is -0.134. The van der Waals surface area contributed by atoms with Gasteiger partial charge in [-0.2, -0.15) is 0 Å². The fourth-order valence-electron chi connectivity index (χ4n) is 4.58. The number of aryl methyl sites for hydroxylation is 1. The highest BCUT2D eigenvalue weighted by Crippen LogP contribution is 2.40. The average molecular weight is 328 g/mol. The van der Waals surface area contributed by atoms with Gasteiger partial charge in [0.25, 0.3) is 0 Å². The Balaban J connectivity index is 1.79. The van der Waals surface area contributed by atoms with E-state index in [0.717, 1.165) is 56.1 Å². The minimum atomic E-state index is -0.365. The number of aromatic nitrogens is 1. The molecule has 0 spiro atoms. The Morgan fingerprint density at radius 3 is 2.71 bits per heavy atom. The smallest absolute Gasteiger partial charge is 0.230 e. The third kappa shape index (κ3) is 2.52. The molecular weight excluding hydrogens is 303 g/mol. The quantitative estimate of drug-likeness (QED) is 0.834. The third-order valence-electron chi connectivity index (χ3n) is 5.65. The van der Waals surface area contributed by atoms with Gasteiger partial charge in [0.2, 0.25) is 5.91 Å². The zero-order chi connectivity index (χ0) is 16.5. The van der Waals surface area contributed by atoms with Crippen LogP contribution in [0.2, 0.25) is 0 Å². The molecule has 0 bridgehead atoms. The Labute approximate surface area is 142 Å². The number of amides is 1. The number of para-hydroxylation sites is 1. The van der Waals surface area contributed by atoms with Crippen molar-refractivity contribution in [2.75, 3.05) is 19.8 Å². The SMILES string of the molecule is O=C([C@@H]1CCCc2c1c1ccccc1n2CCF)N1CCCCC1. The van der Waals surface area contributed by atoms with Crippen molar-refractivity contribution >= 4 is 16.8 Å². The van der Waals surface area contributed by atoms with E-state index in [9.17, 15) is 9.18 Å². The number of hydrogen-bond donors (Lipinski definition) is 0. The summed E-state index contributed by atoms with van der Waals surface area (Å²) in [6.45, 7) is 1.82. The number of carbonyl (C=O) groups excluding carboxylic acids is 1. The van der Waals surface area contributed by atoms with Crippen LogP contribution in [0.1, 0.15) is 49.3 Å². The summed E-state index contributed by atoms with van der Waals surface area (Å²) < 4.78 is 15.2. The van der Waals surface area contributed by atoms with Gasteiger partial charge in [0.05, 0.1) is 12.5 Å². The van der Waals surface area contributed by atoms with Gasteiger partial charge in [0.1, 0.15) is 6.67 Å². The zero-order valence-corrected chi connectivity index (χ0v) is 14.1. The first kappa shape index (κ1) is 15.7. The molecule has 3 nitrogen and oxygen atoms in total. The fourth-order valence-corrected chi connectivity index (χ4v) is 4.58. The molecule has 4 rings (SSSR count).